The number of hydrogen-bond donors (Lipinski definition) is 1. The van der Waals surface area contributed by atoms with Gasteiger partial charge in [-0.3, -0.25) is 4.79 Å². The molecule has 0 atom stereocenters. The monoisotopic (exact) mass is 223 g/mol. The van der Waals surface area contributed by atoms with Crippen LogP contribution in [0.25, 0.3) is 0 Å². The van der Waals surface area contributed by atoms with E-state index in [4.69, 9.17) is 17.3 Å². The zero-order chi connectivity index (χ0) is 10.8. The number of benzene rings is 1. The molecule has 0 amide bonds. The number of halogens is 1. The normalized spacial score (nSPS) is 15.3. The minimum Gasteiger partial charge on any atom is -0.330 e. The number of ketones is 1. The molecule has 0 unspecified atom stereocenters. The van der Waals surface area contributed by atoms with Crippen LogP contribution < -0.4 is 5.73 Å². The minimum atomic E-state index is 0.0711. The lowest BCUT2D eigenvalue weighted by molar-refractivity contribution is 0.0985. The van der Waals surface area contributed by atoms with Crippen LogP contribution in [0.2, 0.25) is 5.02 Å². The third kappa shape index (κ3) is 2.39. The molecular formula is C12H14ClNO. The fourth-order valence-corrected chi connectivity index (χ4v) is 2.04. The van der Waals surface area contributed by atoms with Gasteiger partial charge in [-0.2, -0.15) is 0 Å². The standard InChI is InChI=1S/C12H14ClNO/c13-11-7-9(12(15)5-6-14)3-4-10(11)8-1-2-8/h3-4,7-8H,1-2,5-6,14H2. The van der Waals surface area contributed by atoms with Crippen LogP contribution in [0.3, 0.4) is 0 Å². The van der Waals surface area contributed by atoms with E-state index >= 15 is 0 Å². The summed E-state index contributed by atoms with van der Waals surface area (Å²) in [4.78, 5) is 11.6. The molecule has 2 N–H and O–H groups in total. The van der Waals surface area contributed by atoms with Gasteiger partial charge in [0.15, 0.2) is 5.78 Å². The third-order valence-corrected chi connectivity index (χ3v) is 3.04. The van der Waals surface area contributed by atoms with Crippen molar-refractivity contribution >= 4 is 17.4 Å². The smallest absolute Gasteiger partial charge is 0.164 e. The zero-order valence-electron chi connectivity index (χ0n) is 8.50. The molecule has 80 valence electrons. The first-order valence-electron chi connectivity index (χ1n) is 5.25. The highest BCUT2D eigenvalue weighted by Crippen LogP contribution is 2.43. The van der Waals surface area contributed by atoms with Crippen LogP contribution in [0.5, 0.6) is 0 Å². The predicted molar refractivity (Wildman–Crippen MR) is 61.4 cm³/mol. The Balaban J connectivity index is 2.20. The molecule has 2 nitrogen and oxygen atoms in total. The van der Waals surface area contributed by atoms with Crippen molar-refractivity contribution in [2.45, 2.75) is 25.2 Å². The van der Waals surface area contributed by atoms with Crippen LogP contribution >= 0.6 is 11.6 Å². The molecule has 2 rings (SSSR count). The molecule has 0 saturated heterocycles. The van der Waals surface area contributed by atoms with Crippen LogP contribution in [0, 0.1) is 0 Å². The summed E-state index contributed by atoms with van der Waals surface area (Å²) in [6.45, 7) is 0.390. The Bertz CT molecular complexity index is 385. The molecule has 0 aromatic heterocycles. The number of nitrogens with two attached hydrogens (primary N) is 1. The molecule has 1 aliphatic rings. The Hall–Kier alpha value is -0.860. The maximum absolute atomic E-state index is 11.6. The molecule has 0 bridgehead atoms. The summed E-state index contributed by atoms with van der Waals surface area (Å²) in [6.07, 6.45) is 2.82. The van der Waals surface area contributed by atoms with Gasteiger partial charge >= 0.3 is 0 Å². The van der Waals surface area contributed by atoms with Crippen LogP contribution in [0.1, 0.15) is 41.1 Å². The fourth-order valence-electron chi connectivity index (χ4n) is 1.70. The van der Waals surface area contributed by atoms with Crippen LogP contribution in [-0.4, -0.2) is 12.3 Å². The Morgan fingerprint density at radius 1 is 1.47 bits per heavy atom. The summed E-state index contributed by atoms with van der Waals surface area (Å²) in [5.74, 6) is 0.693. The highest BCUT2D eigenvalue weighted by Gasteiger charge is 2.25. The summed E-state index contributed by atoms with van der Waals surface area (Å²) in [5, 5.41) is 0.723. The number of carbonyl (C=O) groups excluding carboxylic acids is 1. The van der Waals surface area contributed by atoms with E-state index in [-0.39, 0.29) is 5.78 Å². The Kier molecular flexibility index (Phi) is 3.08. The van der Waals surface area contributed by atoms with Gasteiger partial charge in [0.05, 0.1) is 0 Å². The van der Waals surface area contributed by atoms with Crippen molar-refractivity contribution in [2.24, 2.45) is 5.73 Å². The van der Waals surface area contributed by atoms with E-state index in [0.717, 1.165) is 5.02 Å². The molecule has 1 aromatic carbocycles. The van der Waals surface area contributed by atoms with Gasteiger partial charge in [0.1, 0.15) is 0 Å². The van der Waals surface area contributed by atoms with E-state index < -0.39 is 0 Å². The average molecular weight is 224 g/mol. The molecule has 15 heavy (non-hydrogen) atoms. The van der Waals surface area contributed by atoms with Crippen molar-refractivity contribution in [2.75, 3.05) is 6.54 Å². The quantitative estimate of drug-likeness (QED) is 0.798. The van der Waals surface area contributed by atoms with E-state index in [9.17, 15) is 4.79 Å². The average Bonchev–Trinajstić information content (AvgIpc) is 3.01. The third-order valence-electron chi connectivity index (χ3n) is 2.71. The van der Waals surface area contributed by atoms with Crippen molar-refractivity contribution in [1.82, 2.24) is 0 Å². The van der Waals surface area contributed by atoms with E-state index in [1.165, 1.54) is 18.4 Å². The summed E-state index contributed by atoms with van der Waals surface area (Å²) in [7, 11) is 0. The summed E-state index contributed by atoms with van der Waals surface area (Å²) in [6, 6.07) is 5.61. The van der Waals surface area contributed by atoms with Crippen molar-refractivity contribution < 1.29 is 4.79 Å². The van der Waals surface area contributed by atoms with E-state index in [2.05, 4.69) is 0 Å². The molecule has 1 aliphatic carbocycles. The molecule has 3 heteroatoms. The highest BCUT2D eigenvalue weighted by molar-refractivity contribution is 6.31. The van der Waals surface area contributed by atoms with Crippen LogP contribution in [0.15, 0.2) is 18.2 Å². The van der Waals surface area contributed by atoms with Gasteiger partial charge in [-0.25, -0.2) is 0 Å². The molecule has 1 saturated carbocycles. The predicted octanol–water partition coefficient (Wildman–Crippen LogP) is 2.75. The Morgan fingerprint density at radius 3 is 2.73 bits per heavy atom. The van der Waals surface area contributed by atoms with E-state index in [0.29, 0.717) is 24.4 Å². The number of hydrogen-bond acceptors (Lipinski definition) is 2. The van der Waals surface area contributed by atoms with E-state index in [1.54, 1.807) is 6.07 Å². The number of rotatable bonds is 4. The van der Waals surface area contributed by atoms with Crippen molar-refractivity contribution in [3.8, 4) is 0 Å². The summed E-state index contributed by atoms with van der Waals surface area (Å²) >= 11 is 6.13. The lowest BCUT2D eigenvalue weighted by Gasteiger charge is -2.04. The summed E-state index contributed by atoms with van der Waals surface area (Å²) in [5.41, 5.74) is 7.20. The molecule has 1 fully saturated rings. The van der Waals surface area contributed by atoms with Crippen molar-refractivity contribution in [3.63, 3.8) is 0 Å². The van der Waals surface area contributed by atoms with Gasteiger partial charge < -0.3 is 5.73 Å². The van der Waals surface area contributed by atoms with Gasteiger partial charge in [0.2, 0.25) is 0 Å². The molecule has 0 spiro atoms. The number of carbonyl (C=O) groups is 1. The highest BCUT2D eigenvalue weighted by atomic mass is 35.5. The lowest BCUT2D eigenvalue weighted by atomic mass is 10.0. The fraction of sp³-hybridized carbons (Fsp3) is 0.417. The van der Waals surface area contributed by atoms with Crippen molar-refractivity contribution in [3.05, 3.63) is 34.3 Å². The topological polar surface area (TPSA) is 43.1 Å². The lowest BCUT2D eigenvalue weighted by Crippen LogP contribution is -2.08. The van der Waals surface area contributed by atoms with Gasteiger partial charge in [0.25, 0.3) is 0 Å². The van der Waals surface area contributed by atoms with Gasteiger partial charge in [-0.1, -0.05) is 23.7 Å². The van der Waals surface area contributed by atoms with E-state index in [1.807, 2.05) is 12.1 Å². The molecule has 0 aliphatic heterocycles. The van der Waals surface area contributed by atoms with Gasteiger partial charge in [0, 0.05) is 17.0 Å². The second-order valence-corrected chi connectivity index (χ2v) is 4.38. The molecular weight excluding hydrogens is 210 g/mol. The SMILES string of the molecule is NCCC(=O)c1ccc(C2CC2)c(Cl)c1. The zero-order valence-corrected chi connectivity index (χ0v) is 9.26. The molecule has 0 heterocycles. The molecule has 0 radical (unpaired) electrons. The van der Waals surface area contributed by atoms with Gasteiger partial charge in [-0.15, -0.1) is 0 Å². The largest absolute Gasteiger partial charge is 0.330 e. The number of Topliss-reactive ketones (excluding diaryl/α,β-unsaturated/α-hetero) is 1. The minimum absolute atomic E-state index is 0.0711. The van der Waals surface area contributed by atoms with Gasteiger partial charge in [-0.05, 0) is 36.9 Å². The second kappa shape index (κ2) is 4.33. The van der Waals surface area contributed by atoms with Crippen molar-refractivity contribution in [1.29, 1.82) is 0 Å². The first-order chi connectivity index (χ1) is 7.22. The first-order valence-corrected chi connectivity index (χ1v) is 5.63. The first kappa shape index (κ1) is 10.7. The van der Waals surface area contributed by atoms with Crippen LogP contribution in [-0.2, 0) is 0 Å². The summed E-state index contributed by atoms with van der Waals surface area (Å²) < 4.78 is 0. The molecule has 1 aromatic rings. The maximum atomic E-state index is 11.6. The Labute approximate surface area is 94.4 Å². The van der Waals surface area contributed by atoms with Crippen LogP contribution in [0.4, 0.5) is 0 Å². The second-order valence-electron chi connectivity index (χ2n) is 3.97. The maximum Gasteiger partial charge on any atom is 0.164 e. The Morgan fingerprint density at radius 2 is 2.20 bits per heavy atom.